The Morgan fingerprint density at radius 1 is 1.13 bits per heavy atom. The quantitative estimate of drug-likeness (QED) is 0.800. The van der Waals surface area contributed by atoms with Crippen LogP contribution in [0.15, 0.2) is 60.8 Å². The van der Waals surface area contributed by atoms with E-state index in [1.807, 2.05) is 31.2 Å². The van der Waals surface area contributed by atoms with E-state index >= 15 is 0 Å². The summed E-state index contributed by atoms with van der Waals surface area (Å²) in [5.41, 5.74) is 2.26. The van der Waals surface area contributed by atoms with Crippen LogP contribution in [0.25, 0.3) is 0 Å². The minimum atomic E-state index is -0.547. The van der Waals surface area contributed by atoms with Gasteiger partial charge in [-0.1, -0.05) is 42.0 Å². The largest absolute Gasteiger partial charge is 0.307 e. The first-order valence-corrected chi connectivity index (χ1v) is 7.27. The van der Waals surface area contributed by atoms with Gasteiger partial charge in [-0.2, -0.15) is 5.10 Å². The molecule has 2 aromatic carbocycles. The van der Waals surface area contributed by atoms with Crippen molar-refractivity contribution < 1.29 is 9.18 Å². The van der Waals surface area contributed by atoms with Crippen molar-refractivity contribution in [2.24, 2.45) is 0 Å². The summed E-state index contributed by atoms with van der Waals surface area (Å²) in [6.45, 7) is 2.55. The molecule has 116 valence electrons. The normalized spacial score (nSPS) is 10.5. The molecule has 23 heavy (non-hydrogen) atoms. The molecule has 0 unspecified atom stereocenters. The van der Waals surface area contributed by atoms with Gasteiger partial charge in [-0.05, 0) is 24.6 Å². The maximum Gasteiger partial charge on any atom is 0.259 e. The molecule has 0 atom stereocenters. The highest BCUT2D eigenvalue weighted by molar-refractivity contribution is 6.03. The number of halogens is 1. The van der Waals surface area contributed by atoms with Crippen molar-refractivity contribution in [2.75, 3.05) is 5.32 Å². The van der Waals surface area contributed by atoms with Crippen LogP contribution in [0, 0.1) is 12.7 Å². The van der Waals surface area contributed by atoms with Gasteiger partial charge >= 0.3 is 0 Å². The summed E-state index contributed by atoms with van der Waals surface area (Å²) in [6.07, 6.45) is 1.60. The predicted octanol–water partition coefficient (Wildman–Crippen LogP) is 3.63. The average molecular weight is 309 g/mol. The monoisotopic (exact) mass is 309 g/mol. The number of aromatic nitrogens is 2. The van der Waals surface area contributed by atoms with E-state index < -0.39 is 11.7 Å². The lowest BCUT2D eigenvalue weighted by molar-refractivity contribution is 0.102. The van der Waals surface area contributed by atoms with Crippen LogP contribution in [0.5, 0.6) is 0 Å². The highest BCUT2D eigenvalue weighted by Gasteiger charge is 2.13. The number of anilines is 1. The van der Waals surface area contributed by atoms with Gasteiger partial charge in [0, 0.05) is 6.07 Å². The summed E-state index contributed by atoms with van der Waals surface area (Å²) in [7, 11) is 0. The Balaban J connectivity index is 1.77. The first-order valence-electron chi connectivity index (χ1n) is 7.27. The van der Waals surface area contributed by atoms with E-state index in [0.29, 0.717) is 12.4 Å². The molecular weight excluding hydrogens is 293 g/mol. The lowest BCUT2D eigenvalue weighted by atomic mass is 10.1. The molecule has 0 aliphatic rings. The number of nitrogens with one attached hydrogen (secondary N) is 1. The van der Waals surface area contributed by atoms with Crippen LogP contribution in [0.3, 0.4) is 0 Å². The molecule has 3 aromatic rings. The van der Waals surface area contributed by atoms with Gasteiger partial charge in [0.1, 0.15) is 11.6 Å². The van der Waals surface area contributed by atoms with E-state index in [9.17, 15) is 9.18 Å². The molecular formula is C18H16FN3O. The summed E-state index contributed by atoms with van der Waals surface area (Å²) >= 11 is 0. The number of nitrogens with zero attached hydrogens (tertiary/aromatic N) is 2. The molecule has 0 saturated carbocycles. The zero-order chi connectivity index (χ0) is 16.2. The molecule has 4 nitrogen and oxygen atoms in total. The summed E-state index contributed by atoms with van der Waals surface area (Å²) in [5, 5.41) is 6.91. The van der Waals surface area contributed by atoms with Crippen molar-refractivity contribution in [3.05, 3.63) is 83.3 Å². The third-order valence-corrected chi connectivity index (χ3v) is 3.53. The predicted molar refractivity (Wildman–Crippen MR) is 86.9 cm³/mol. The van der Waals surface area contributed by atoms with E-state index in [4.69, 9.17) is 0 Å². The van der Waals surface area contributed by atoms with Crippen molar-refractivity contribution in [1.82, 2.24) is 9.78 Å². The zero-order valence-electron chi connectivity index (χ0n) is 12.7. The SMILES string of the molecule is Cc1ccc(Cn2nccc2NC(=O)c2ccccc2F)cc1. The second-order valence-corrected chi connectivity index (χ2v) is 5.29. The molecule has 0 bridgehead atoms. The molecule has 1 heterocycles. The van der Waals surface area contributed by atoms with Gasteiger partial charge in [0.2, 0.25) is 0 Å². The second-order valence-electron chi connectivity index (χ2n) is 5.29. The number of aryl methyl sites for hydroxylation is 1. The Labute approximate surface area is 133 Å². The van der Waals surface area contributed by atoms with E-state index in [-0.39, 0.29) is 5.56 Å². The topological polar surface area (TPSA) is 46.9 Å². The van der Waals surface area contributed by atoms with Crippen molar-refractivity contribution in [2.45, 2.75) is 13.5 Å². The van der Waals surface area contributed by atoms with Crippen LogP contribution in [-0.2, 0) is 6.54 Å². The van der Waals surface area contributed by atoms with Crippen LogP contribution in [-0.4, -0.2) is 15.7 Å². The summed E-state index contributed by atoms with van der Waals surface area (Å²) in [5.74, 6) is -0.512. The van der Waals surface area contributed by atoms with Gasteiger partial charge < -0.3 is 5.32 Å². The summed E-state index contributed by atoms with van der Waals surface area (Å²) < 4.78 is 15.3. The molecule has 1 aromatic heterocycles. The number of hydrogen-bond acceptors (Lipinski definition) is 2. The number of carbonyl (C=O) groups is 1. The maximum absolute atomic E-state index is 13.7. The third kappa shape index (κ3) is 3.45. The van der Waals surface area contributed by atoms with Crippen LogP contribution in [0.4, 0.5) is 10.2 Å². The zero-order valence-corrected chi connectivity index (χ0v) is 12.7. The minimum absolute atomic E-state index is 0.00980. The van der Waals surface area contributed by atoms with Crippen molar-refractivity contribution in [1.29, 1.82) is 0 Å². The number of benzene rings is 2. The second kappa shape index (κ2) is 6.44. The number of amides is 1. The van der Waals surface area contributed by atoms with Crippen LogP contribution in [0.2, 0.25) is 0 Å². The fourth-order valence-electron chi connectivity index (χ4n) is 2.26. The standard InChI is InChI=1S/C18H16FN3O/c1-13-6-8-14(9-7-13)12-22-17(10-11-20-22)21-18(23)15-4-2-3-5-16(15)19/h2-11H,12H2,1H3,(H,21,23). The van der Waals surface area contributed by atoms with E-state index in [1.165, 1.54) is 17.7 Å². The fourth-order valence-corrected chi connectivity index (χ4v) is 2.26. The van der Waals surface area contributed by atoms with Gasteiger partial charge in [0.15, 0.2) is 0 Å². The number of carbonyl (C=O) groups excluding carboxylic acids is 1. The first-order chi connectivity index (χ1) is 11.1. The van der Waals surface area contributed by atoms with Crippen molar-refractivity contribution in [3.63, 3.8) is 0 Å². The van der Waals surface area contributed by atoms with Crippen LogP contribution < -0.4 is 5.32 Å². The molecule has 1 N–H and O–H groups in total. The molecule has 0 aliphatic carbocycles. The van der Waals surface area contributed by atoms with Gasteiger partial charge in [0.25, 0.3) is 5.91 Å². The fraction of sp³-hybridized carbons (Fsp3) is 0.111. The average Bonchev–Trinajstić information content (AvgIpc) is 2.97. The van der Waals surface area contributed by atoms with Crippen LogP contribution >= 0.6 is 0 Å². The molecule has 0 saturated heterocycles. The highest BCUT2D eigenvalue weighted by atomic mass is 19.1. The third-order valence-electron chi connectivity index (χ3n) is 3.53. The smallest absolute Gasteiger partial charge is 0.259 e. The molecule has 0 spiro atoms. The summed E-state index contributed by atoms with van der Waals surface area (Å²) in [4.78, 5) is 12.2. The van der Waals surface area contributed by atoms with E-state index in [1.54, 1.807) is 29.1 Å². The molecule has 0 fully saturated rings. The van der Waals surface area contributed by atoms with Gasteiger partial charge in [-0.3, -0.25) is 4.79 Å². The summed E-state index contributed by atoms with van der Waals surface area (Å²) in [6, 6.07) is 15.7. The Morgan fingerprint density at radius 2 is 1.87 bits per heavy atom. The minimum Gasteiger partial charge on any atom is -0.307 e. The molecule has 5 heteroatoms. The maximum atomic E-state index is 13.7. The molecule has 1 amide bonds. The van der Waals surface area contributed by atoms with Crippen LogP contribution in [0.1, 0.15) is 21.5 Å². The Bertz CT molecular complexity index is 824. The van der Waals surface area contributed by atoms with E-state index in [0.717, 1.165) is 5.56 Å². The van der Waals surface area contributed by atoms with Gasteiger partial charge in [-0.25, -0.2) is 9.07 Å². The number of rotatable bonds is 4. The highest BCUT2D eigenvalue weighted by Crippen LogP contribution is 2.14. The first kappa shape index (κ1) is 15.0. The molecule has 0 aliphatic heterocycles. The van der Waals surface area contributed by atoms with Crippen molar-refractivity contribution in [3.8, 4) is 0 Å². The van der Waals surface area contributed by atoms with E-state index in [2.05, 4.69) is 10.4 Å². The Kier molecular flexibility index (Phi) is 4.19. The number of hydrogen-bond donors (Lipinski definition) is 1. The lowest BCUT2D eigenvalue weighted by Crippen LogP contribution is -2.17. The van der Waals surface area contributed by atoms with Gasteiger partial charge in [-0.15, -0.1) is 0 Å². The molecule has 3 rings (SSSR count). The van der Waals surface area contributed by atoms with Gasteiger partial charge in [0.05, 0.1) is 18.3 Å². The Morgan fingerprint density at radius 3 is 2.61 bits per heavy atom. The lowest BCUT2D eigenvalue weighted by Gasteiger charge is -2.10. The Hall–Kier alpha value is -2.95. The molecule has 0 radical (unpaired) electrons. The van der Waals surface area contributed by atoms with Crippen molar-refractivity contribution >= 4 is 11.7 Å².